The Balaban J connectivity index is 2.00. The molecule has 0 saturated heterocycles. The van der Waals surface area contributed by atoms with Crippen molar-refractivity contribution < 1.29 is 13.5 Å². The van der Waals surface area contributed by atoms with Gasteiger partial charge in [0.05, 0.1) is 5.60 Å². The second-order valence-corrected chi connectivity index (χ2v) is 5.76. The van der Waals surface area contributed by atoms with Gasteiger partial charge in [-0.3, -0.25) is 5.84 Å². The summed E-state index contributed by atoms with van der Waals surface area (Å²) in [6.45, 7) is 0. The summed E-state index contributed by atoms with van der Waals surface area (Å²) in [6.07, 6.45) is 5.31. The average molecular weight is 292 g/mol. The van der Waals surface area contributed by atoms with Crippen molar-refractivity contribution >= 4 is 11.0 Å². The van der Waals surface area contributed by atoms with Gasteiger partial charge in [0.1, 0.15) is 23.2 Å². The van der Waals surface area contributed by atoms with Crippen LogP contribution in [0.15, 0.2) is 28.7 Å². The van der Waals surface area contributed by atoms with Gasteiger partial charge in [0, 0.05) is 12.5 Å². The predicted molar refractivity (Wildman–Crippen MR) is 79.1 cm³/mol. The Labute approximate surface area is 123 Å². The Morgan fingerprint density at radius 2 is 2.05 bits per heavy atom. The Morgan fingerprint density at radius 3 is 2.71 bits per heavy atom. The number of ether oxygens (including phenoxy) is 1. The van der Waals surface area contributed by atoms with E-state index in [1.54, 1.807) is 13.2 Å². The van der Waals surface area contributed by atoms with Gasteiger partial charge in [-0.05, 0) is 37.1 Å². The predicted octanol–water partition coefficient (Wildman–Crippen LogP) is 3.43. The van der Waals surface area contributed by atoms with Crippen LogP contribution in [0.25, 0.3) is 11.0 Å². The van der Waals surface area contributed by atoms with Crippen molar-refractivity contribution in [2.75, 3.05) is 7.11 Å². The highest BCUT2D eigenvalue weighted by Gasteiger charge is 2.42. The van der Waals surface area contributed by atoms with E-state index in [1.165, 1.54) is 18.6 Å². The third-order valence-electron chi connectivity index (χ3n) is 4.58. The first-order valence-electron chi connectivity index (χ1n) is 7.39. The maximum absolute atomic E-state index is 13.3. The second-order valence-electron chi connectivity index (χ2n) is 5.76. The molecule has 1 saturated carbocycles. The van der Waals surface area contributed by atoms with Gasteiger partial charge in [0.25, 0.3) is 0 Å². The monoisotopic (exact) mass is 292 g/mol. The van der Waals surface area contributed by atoms with Gasteiger partial charge in [-0.2, -0.15) is 0 Å². The van der Waals surface area contributed by atoms with E-state index in [2.05, 4.69) is 5.43 Å². The van der Waals surface area contributed by atoms with E-state index in [9.17, 15) is 4.39 Å². The summed E-state index contributed by atoms with van der Waals surface area (Å²) in [7, 11) is 1.72. The molecule has 3 N–H and O–H groups in total. The molecule has 1 aromatic heterocycles. The van der Waals surface area contributed by atoms with Crippen LogP contribution >= 0.6 is 0 Å². The van der Waals surface area contributed by atoms with E-state index in [4.69, 9.17) is 15.0 Å². The van der Waals surface area contributed by atoms with E-state index in [0.29, 0.717) is 11.3 Å². The zero-order valence-electron chi connectivity index (χ0n) is 12.2. The second kappa shape index (κ2) is 5.75. The Kier molecular flexibility index (Phi) is 3.97. The molecule has 5 heteroatoms. The van der Waals surface area contributed by atoms with Crippen molar-refractivity contribution in [3.63, 3.8) is 0 Å². The fourth-order valence-electron chi connectivity index (χ4n) is 3.43. The molecule has 1 aliphatic carbocycles. The number of hydrogen-bond acceptors (Lipinski definition) is 4. The SMILES string of the molecule is COC1(C(NN)c2cc3cc(F)ccc3o2)CCCCC1. The van der Waals surface area contributed by atoms with Gasteiger partial charge < -0.3 is 9.15 Å². The molecule has 0 aliphatic heterocycles. The van der Waals surface area contributed by atoms with Gasteiger partial charge >= 0.3 is 0 Å². The number of rotatable bonds is 4. The molecule has 1 aromatic carbocycles. The molecule has 114 valence electrons. The topological polar surface area (TPSA) is 60.4 Å². The number of halogens is 1. The van der Waals surface area contributed by atoms with Crippen LogP contribution in [0.1, 0.15) is 43.9 Å². The Bertz CT molecular complexity index is 620. The number of furan rings is 1. The van der Waals surface area contributed by atoms with Crippen molar-refractivity contribution in [2.24, 2.45) is 5.84 Å². The molecule has 3 rings (SSSR count). The number of hydrazine groups is 1. The van der Waals surface area contributed by atoms with Crippen molar-refractivity contribution in [3.8, 4) is 0 Å². The van der Waals surface area contributed by atoms with E-state index in [0.717, 1.165) is 31.1 Å². The summed E-state index contributed by atoms with van der Waals surface area (Å²) < 4.78 is 25.0. The number of fused-ring (bicyclic) bond motifs is 1. The quantitative estimate of drug-likeness (QED) is 0.669. The highest BCUT2D eigenvalue weighted by atomic mass is 19.1. The molecule has 1 unspecified atom stereocenters. The van der Waals surface area contributed by atoms with Gasteiger partial charge in [-0.1, -0.05) is 19.3 Å². The van der Waals surface area contributed by atoms with Crippen molar-refractivity contribution in [2.45, 2.75) is 43.7 Å². The van der Waals surface area contributed by atoms with E-state index >= 15 is 0 Å². The van der Waals surface area contributed by atoms with Gasteiger partial charge in [0.15, 0.2) is 0 Å². The third-order valence-corrected chi connectivity index (χ3v) is 4.58. The summed E-state index contributed by atoms with van der Waals surface area (Å²) >= 11 is 0. The zero-order chi connectivity index (χ0) is 14.9. The van der Waals surface area contributed by atoms with Gasteiger partial charge in [0.2, 0.25) is 0 Å². The number of nitrogens with two attached hydrogens (primary N) is 1. The molecule has 2 aromatic rings. The lowest BCUT2D eigenvalue weighted by molar-refractivity contribution is -0.0731. The molecule has 0 amide bonds. The molecule has 0 spiro atoms. The minimum absolute atomic E-state index is 0.238. The van der Waals surface area contributed by atoms with Crippen LogP contribution in [0.5, 0.6) is 0 Å². The van der Waals surface area contributed by atoms with E-state index in [1.807, 2.05) is 6.07 Å². The Morgan fingerprint density at radius 1 is 1.29 bits per heavy atom. The van der Waals surface area contributed by atoms with Crippen LogP contribution in [-0.2, 0) is 4.74 Å². The van der Waals surface area contributed by atoms with Crippen LogP contribution in [-0.4, -0.2) is 12.7 Å². The maximum Gasteiger partial charge on any atom is 0.134 e. The number of hydrogen-bond donors (Lipinski definition) is 2. The molecule has 1 aliphatic rings. The van der Waals surface area contributed by atoms with Crippen LogP contribution in [0.2, 0.25) is 0 Å². The van der Waals surface area contributed by atoms with E-state index < -0.39 is 0 Å². The lowest BCUT2D eigenvalue weighted by Crippen LogP contribution is -2.49. The molecule has 0 bridgehead atoms. The number of benzene rings is 1. The molecular weight excluding hydrogens is 271 g/mol. The molecular formula is C16H21FN2O2. The van der Waals surface area contributed by atoms with Crippen molar-refractivity contribution in [1.82, 2.24) is 5.43 Å². The minimum Gasteiger partial charge on any atom is -0.459 e. The third kappa shape index (κ3) is 2.57. The highest BCUT2D eigenvalue weighted by Crippen LogP contribution is 2.42. The van der Waals surface area contributed by atoms with Crippen molar-refractivity contribution in [1.29, 1.82) is 0 Å². The first-order valence-corrected chi connectivity index (χ1v) is 7.39. The minimum atomic E-state index is -0.362. The summed E-state index contributed by atoms with van der Waals surface area (Å²) in [5, 5.41) is 0.743. The van der Waals surface area contributed by atoms with Crippen LogP contribution in [0.4, 0.5) is 4.39 Å². The molecule has 1 atom stereocenters. The van der Waals surface area contributed by atoms with E-state index in [-0.39, 0.29) is 17.5 Å². The van der Waals surface area contributed by atoms with Crippen LogP contribution < -0.4 is 11.3 Å². The Hall–Kier alpha value is -1.43. The average Bonchev–Trinajstić information content (AvgIpc) is 2.91. The number of methoxy groups -OCH3 is 1. The smallest absolute Gasteiger partial charge is 0.134 e. The molecule has 0 radical (unpaired) electrons. The maximum atomic E-state index is 13.3. The van der Waals surface area contributed by atoms with Crippen molar-refractivity contribution in [3.05, 3.63) is 35.8 Å². The highest BCUT2D eigenvalue weighted by molar-refractivity contribution is 5.78. The molecule has 21 heavy (non-hydrogen) atoms. The van der Waals surface area contributed by atoms with Gasteiger partial charge in [-0.25, -0.2) is 9.82 Å². The van der Waals surface area contributed by atoms with Crippen LogP contribution in [0.3, 0.4) is 0 Å². The summed E-state index contributed by atoms with van der Waals surface area (Å²) in [5.41, 5.74) is 3.14. The number of nitrogens with one attached hydrogen (secondary N) is 1. The molecule has 4 nitrogen and oxygen atoms in total. The fraction of sp³-hybridized carbons (Fsp3) is 0.500. The lowest BCUT2D eigenvalue weighted by Gasteiger charge is -2.41. The fourth-order valence-corrected chi connectivity index (χ4v) is 3.43. The first-order chi connectivity index (χ1) is 10.2. The molecule has 1 heterocycles. The zero-order valence-corrected chi connectivity index (χ0v) is 12.2. The first kappa shape index (κ1) is 14.5. The largest absolute Gasteiger partial charge is 0.459 e. The summed E-state index contributed by atoms with van der Waals surface area (Å²) in [5.74, 6) is 6.21. The van der Waals surface area contributed by atoms with Crippen LogP contribution in [0, 0.1) is 5.82 Å². The lowest BCUT2D eigenvalue weighted by atomic mass is 9.78. The normalized spacial score (nSPS) is 19.8. The summed E-state index contributed by atoms with van der Waals surface area (Å²) in [6, 6.07) is 6.11. The summed E-state index contributed by atoms with van der Waals surface area (Å²) in [4.78, 5) is 0. The van der Waals surface area contributed by atoms with Gasteiger partial charge in [-0.15, -0.1) is 0 Å². The standard InChI is InChI=1S/C16H21FN2O2/c1-20-16(7-3-2-4-8-16)15(19-18)14-10-11-9-12(17)5-6-13(11)21-14/h5-6,9-10,15,19H,2-4,7-8,18H2,1H3. The molecule has 1 fully saturated rings.